The van der Waals surface area contributed by atoms with E-state index in [1.165, 1.54) is 6.07 Å². The maximum Gasteiger partial charge on any atom is 0.410 e. The topological polar surface area (TPSA) is 56.6 Å². The summed E-state index contributed by atoms with van der Waals surface area (Å²) in [5.74, 6) is -0.330. The number of halogens is 1. The van der Waals surface area contributed by atoms with E-state index in [4.69, 9.17) is 10.00 Å². The summed E-state index contributed by atoms with van der Waals surface area (Å²) in [5, 5.41) is 8.66. The van der Waals surface area contributed by atoms with Crippen molar-refractivity contribution in [2.24, 2.45) is 0 Å². The molecule has 1 saturated heterocycles. The van der Waals surface area contributed by atoms with Crippen LogP contribution in [0.4, 0.5) is 14.9 Å². The lowest BCUT2D eigenvalue weighted by atomic mass is 10.1. The van der Waals surface area contributed by atoms with Crippen LogP contribution >= 0.6 is 0 Å². The summed E-state index contributed by atoms with van der Waals surface area (Å²) in [4.78, 5) is 15.6. The number of hydrogen-bond acceptors (Lipinski definition) is 4. The van der Waals surface area contributed by atoms with E-state index < -0.39 is 5.60 Å². The molecule has 1 aromatic rings. The van der Waals surface area contributed by atoms with Crippen molar-refractivity contribution in [1.29, 1.82) is 5.26 Å². The maximum absolute atomic E-state index is 14.2. The molecule has 0 bridgehead atoms. The van der Waals surface area contributed by atoms with E-state index >= 15 is 0 Å². The quantitative estimate of drug-likeness (QED) is 0.841. The Labute approximate surface area is 136 Å². The first kappa shape index (κ1) is 17.1. The standard InChI is InChI=1S/C17H22FN3O2/c1-17(2,3)23-16(22)21-10-8-20(9-11-21)15-5-4-13(6-7-19)12-14(15)18/h4-5,12H,6,8-11H2,1-3H3. The van der Waals surface area contributed by atoms with Crippen LogP contribution in [0.5, 0.6) is 0 Å². The number of ether oxygens (including phenoxy) is 1. The molecule has 124 valence electrons. The SMILES string of the molecule is CC(C)(C)OC(=O)N1CCN(c2ccc(CC#N)cc2F)CC1. The van der Waals surface area contributed by atoms with E-state index in [0.717, 1.165) is 0 Å². The van der Waals surface area contributed by atoms with Gasteiger partial charge < -0.3 is 14.5 Å². The molecule has 0 aliphatic carbocycles. The van der Waals surface area contributed by atoms with Crippen LogP contribution in [0.1, 0.15) is 26.3 Å². The van der Waals surface area contributed by atoms with Crippen LogP contribution in [0.25, 0.3) is 0 Å². The molecule has 1 aromatic carbocycles. The lowest BCUT2D eigenvalue weighted by Gasteiger charge is -2.36. The van der Waals surface area contributed by atoms with Gasteiger partial charge in [0.2, 0.25) is 0 Å². The number of anilines is 1. The summed E-state index contributed by atoms with van der Waals surface area (Å²) in [6, 6.07) is 6.88. The van der Waals surface area contributed by atoms with Crippen molar-refractivity contribution in [1.82, 2.24) is 4.90 Å². The highest BCUT2D eigenvalue weighted by Gasteiger charge is 2.26. The lowest BCUT2D eigenvalue weighted by molar-refractivity contribution is 0.0240. The van der Waals surface area contributed by atoms with Gasteiger partial charge in [-0.2, -0.15) is 5.26 Å². The van der Waals surface area contributed by atoms with Gasteiger partial charge in [0.25, 0.3) is 0 Å². The fraction of sp³-hybridized carbons (Fsp3) is 0.529. The molecule has 0 N–H and O–H groups in total. The minimum absolute atomic E-state index is 0.198. The molecule has 0 aromatic heterocycles. The van der Waals surface area contributed by atoms with Crippen molar-refractivity contribution >= 4 is 11.8 Å². The molecule has 6 heteroatoms. The fourth-order valence-corrected chi connectivity index (χ4v) is 2.46. The Balaban J connectivity index is 1.97. The third-order valence-electron chi connectivity index (χ3n) is 3.57. The Morgan fingerprint density at radius 1 is 1.30 bits per heavy atom. The Kier molecular flexibility index (Phi) is 5.09. The molecule has 1 fully saturated rings. The van der Waals surface area contributed by atoms with E-state index in [2.05, 4.69) is 0 Å². The number of carbonyl (C=O) groups is 1. The van der Waals surface area contributed by atoms with Gasteiger partial charge in [-0.25, -0.2) is 9.18 Å². The van der Waals surface area contributed by atoms with Gasteiger partial charge in [0.1, 0.15) is 11.4 Å². The van der Waals surface area contributed by atoms with E-state index in [1.807, 2.05) is 31.7 Å². The molecule has 1 amide bonds. The molecular weight excluding hydrogens is 297 g/mol. The first-order valence-electron chi connectivity index (χ1n) is 7.68. The first-order valence-corrected chi connectivity index (χ1v) is 7.68. The molecular formula is C17H22FN3O2. The Morgan fingerprint density at radius 2 is 1.96 bits per heavy atom. The van der Waals surface area contributed by atoms with E-state index in [-0.39, 0.29) is 18.3 Å². The van der Waals surface area contributed by atoms with Crippen molar-refractivity contribution < 1.29 is 13.9 Å². The number of benzene rings is 1. The first-order chi connectivity index (χ1) is 10.8. The minimum atomic E-state index is -0.517. The van der Waals surface area contributed by atoms with Gasteiger partial charge in [-0.3, -0.25) is 0 Å². The van der Waals surface area contributed by atoms with Gasteiger partial charge in [0.15, 0.2) is 0 Å². The molecule has 0 unspecified atom stereocenters. The number of nitrogens with zero attached hydrogens (tertiary/aromatic N) is 3. The Hall–Kier alpha value is -2.29. The molecule has 23 heavy (non-hydrogen) atoms. The summed E-state index contributed by atoms with van der Waals surface area (Å²) in [5.41, 5.74) is 0.661. The highest BCUT2D eigenvalue weighted by Crippen LogP contribution is 2.22. The normalized spacial score (nSPS) is 15.3. The van der Waals surface area contributed by atoms with Crippen molar-refractivity contribution in [3.05, 3.63) is 29.6 Å². The van der Waals surface area contributed by atoms with Crippen LogP contribution in [-0.2, 0) is 11.2 Å². The van der Waals surface area contributed by atoms with Gasteiger partial charge in [-0.1, -0.05) is 6.07 Å². The summed E-state index contributed by atoms with van der Waals surface area (Å²) in [7, 11) is 0. The number of carbonyl (C=O) groups excluding carboxylic acids is 1. The average Bonchev–Trinajstić information content (AvgIpc) is 2.46. The van der Waals surface area contributed by atoms with Crippen molar-refractivity contribution in [3.8, 4) is 6.07 Å². The van der Waals surface area contributed by atoms with Gasteiger partial charge in [0, 0.05) is 26.2 Å². The van der Waals surface area contributed by atoms with E-state index in [0.29, 0.717) is 37.4 Å². The number of rotatable bonds is 2. The molecule has 1 heterocycles. The van der Waals surface area contributed by atoms with Crippen LogP contribution in [0.15, 0.2) is 18.2 Å². The summed E-state index contributed by atoms with van der Waals surface area (Å²) < 4.78 is 19.5. The smallest absolute Gasteiger partial charge is 0.410 e. The van der Waals surface area contributed by atoms with Crippen LogP contribution < -0.4 is 4.90 Å². The number of amides is 1. The zero-order valence-corrected chi connectivity index (χ0v) is 13.8. The predicted molar refractivity (Wildman–Crippen MR) is 85.7 cm³/mol. The summed E-state index contributed by atoms with van der Waals surface area (Å²) in [6.45, 7) is 7.59. The van der Waals surface area contributed by atoms with Gasteiger partial charge in [-0.05, 0) is 38.5 Å². The predicted octanol–water partition coefficient (Wildman–Crippen LogP) is 2.95. The van der Waals surface area contributed by atoms with Crippen molar-refractivity contribution in [2.75, 3.05) is 31.1 Å². The van der Waals surface area contributed by atoms with Crippen molar-refractivity contribution in [2.45, 2.75) is 32.8 Å². The minimum Gasteiger partial charge on any atom is -0.444 e. The number of piperazine rings is 1. The monoisotopic (exact) mass is 319 g/mol. The maximum atomic E-state index is 14.2. The van der Waals surface area contributed by atoms with Gasteiger partial charge in [-0.15, -0.1) is 0 Å². The second-order valence-electron chi connectivity index (χ2n) is 6.58. The summed E-state index contributed by atoms with van der Waals surface area (Å²) >= 11 is 0. The highest BCUT2D eigenvalue weighted by atomic mass is 19.1. The van der Waals surface area contributed by atoms with Crippen LogP contribution in [0.3, 0.4) is 0 Å². The second-order valence-corrected chi connectivity index (χ2v) is 6.58. The van der Waals surface area contributed by atoms with E-state index in [1.54, 1.807) is 17.0 Å². The Morgan fingerprint density at radius 3 is 2.48 bits per heavy atom. The highest BCUT2D eigenvalue weighted by molar-refractivity contribution is 5.68. The van der Waals surface area contributed by atoms with Gasteiger partial charge >= 0.3 is 6.09 Å². The van der Waals surface area contributed by atoms with Crippen LogP contribution in [0, 0.1) is 17.1 Å². The third kappa shape index (κ3) is 4.59. The van der Waals surface area contributed by atoms with E-state index in [9.17, 15) is 9.18 Å². The largest absolute Gasteiger partial charge is 0.444 e. The second kappa shape index (κ2) is 6.86. The number of hydrogen-bond donors (Lipinski definition) is 0. The zero-order chi connectivity index (χ0) is 17.0. The molecule has 0 radical (unpaired) electrons. The fourth-order valence-electron chi connectivity index (χ4n) is 2.46. The van der Waals surface area contributed by atoms with Crippen LogP contribution in [-0.4, -0.2) is 42.8 Å². The van der Waals surface area contributed by atoms with Gasteiger partial charge in [0.05, 0.1) is 18.2 Å². The van der Waals surface area contributed by atoms with Crippen LogP contribution in [0.2, 0.25) is 0 Å². The zero-order valence-electron chi connectivity index (χ0n) is 13.8. The summed E-state index contributed by atoms with van der Waals surface area (Å²) in [6.07, 6.45) is -0.133. The average molecular weight is 319 g/mol. The molecule has 5 nitrogen and oxygen atoms in total. The lowest BCUT2D eigenvalue weighted by Crippen LogP contribution is -2.50. The van der Waals surface area contributed by atoms with Crippen molar-refractivity contribution in [3.63, 3.8) is 0 Å². The Bertz CT molecular complexity index is 611. The molecule has 0 atom stereocenters. The molecule has 0 saturated carbocycles. The molecule has 0 spiro atoms. The molecule has 1 aliphatic heterocycles. The number of nitriles is 1. The third-order valence-corrected chi connectivity index (χ3v) is 3.57. The molecule has 2 rings (SSSR count). The molecule has 1 aliphatic rings.